The largest absolute Gasteiger partial charge is 0.489 e. The maximum Gasteiger partial charge on any atom is 0.282 e. The minimum atomic E-state index is -0.170. The highest BCUT2D eigenvalue weighted by Gasteiger charge is 2.13. The van der Waals surface area contributed by atoms with Crippen molar-refractivity contribution in [2.45, 2.75) is 46.6 Å². The zero-order chi connectivity index (χ0) is 28.2. The van der Waals surface area contributed by atoms with Crippen molar-refractivity contribution in [2.75, 3.05) is 0 Å². The van der Waals surface area contributed by atoms with Crippen LogP contribution in [0.25, 0.3) is 16.6 Å². The summed E-state index contributed by atoms with van der Waals surface area (Å²) < 4.78 is 10.4. The van der Waals surface area contributed by atoms with Crippen LogP contribution in [0.4, 0.5) is 0 Å². The molecule has 8 heteroatoms. The van der Waals surface area contributed by atoms with E-state index in [2.05, 4.69) is 52.4 Å². The van der Waals surface area contributed by atoms with E-state index in [0.717, 1.165) is 51.3 Å². The van der Waals surface area contributed by atoms with Crippen LogP contribution in [0.2, 0.25) is 5.02 Å². The molecular weight excluding hydrogens is 588 g/mol. The number of aryl methyl sites for hydroxylation is 2. The highest BCUT2D eigenvalue weighted by Crippen LogP contribution is 2.23. The fraction of sp³-hybridized carbons (Fsp3) is 0.219. The fourth-order valence-corrected chi connectivity index (χ4v) is 5.17. The lowest BCUT2D eigenvalue weighted by Crippen LogP contribution is -2.22. The van der Waals surface area contributed by atoms with Gasteiger partial charge in [0, 0.05) is 38.6 Å². The van der Waals surface area contributed by atoms with E-state index in [1.165, 1.54) is 4.68 Å². The Labute approximate surface area is 247 Å². The number of halogens is 2. The van der Waals surface area contributed by atoms with Gasteiger partial charge in [0.1, 0.15) is 18.2 Å². The SMILES string of the molecule is CCCCc1nc2ccc(Br)cc2c(=O)n1N=Cc1cc(C)n(-c2ccc(OCc3ccc(Cl)cc3)cc2)c1C. The lowest BCUT2D eigenvalue weighted by molar-refractivity contribution is 0.306. The lowest BCUT2D eigenvalue weighted by atomic mass is 10.2. The molecule has 3 aromatic carbocycles. The molecule has 0 fully saturated rings. The molecule has 0 unspecified atom stereocenters. The number of hydrogen-bond acceptors (Lipinski definition) is 4. The maximum absolute atomic E-state index is 13.4. The molecule has 0 N–H and O–H groups in total. The zero-order valence-corrected chi connectivity index (χ0v) is 25.0. The van der Waals surface area contributed by atoms with E-state index >= 15 is 0 Å². The van der Waals surface area contributed by atoms with Gasteiger partial charge in [-0.1, -0.05) is 53.0 Å². The van der Waals surface area contributed by atoms with Gasteiger partial charge in [-0.15, -0.1) is 0 Å². The van der Waals surface area contributed by atoms with E-state index in [9.17, 15) is 4.79 Å². The summed E-state index contributed by atoms with van der Waals surface area (Å²) >= 11 is 9.44. The molecule has 0 aliphatic carbocycles. The normalized spacial score (nSPS) is 11.5. The Hall–Kier alpha value is -3.68. The molecule has 0 spiro atoms. The number of benzene rings is 3. The molecule has 0 atom stereocenters. The summed E-state index contributed by atoms with van der Waals surface area (Å²) in [6, 6.07) is 23.3. The molecule has 0 bridgehead atoms. The van der Waals surface area contributed by atoms with Crippen LogP contribution in [0.15, 0.2) is 87.2 Å². The first-order valence-corrected chi connectivity index (χ1v) is 14.4. The van der Waals surface area contributed by atoms with Gasteiger partial charge in [-0.2, -0.15) is 9.78 Å². The average molecular weight is 618 g/mol. The van der Waals surface area contributed by atoms with E-state index in [4.69, 9.17) is 21.3 Å². The van der Waals surface area contributed by atoms with Crippen molar-refractivity contribution in [3.63, 3.8) is 0 Å². The second kappa shape index (κ2) is 12.2. The third kappa shape index (κ3) is 6.06. The number of fused-ring (bicyclic) bond motifs is 1. The van der Waals surface area contributed by atoms with Gasteiger partial charge in [-0.05, 0) is 86.5 Å². The first-order chi connectivity index (χ1) is 19.3. The molecule has 2 aromatic heterocycles. The second-order valence-electron chi connectivity index (χ2n) is 9.73. The molecule has 40 heavy (non-hydrogen) atoms. The van der Waals surface area contributed by atoms with E-state index in [-0.39, 0.29) is 5.56 Å². The lowest BCUT2D eigenvalue weighted by Gasteiger charge is -2.12. The van der Waals surface area contributed by atoms with Crippen molar-refractivity contribution >= 4 is 44.6 Å². The van der Waals surface area contributed by atoms with Crippen LogP contribution in [0.3, 0.4) is 0 Å². The first-order valence-electron chi connectivity index (χ1n) is 13.3. The van der Waals surface area contributed by atoms with Crippen molar-refractivity contribution < 1.29 is 4.74 Å². The fourth-order valence-electron chi connectivity index (χ4n) is 4.68. The molecule has 0 amide bonds. The summed E-state index contributed by atoms with van der Waals surface area (Å²) in [5.74, 6) is 1.46. The van der Waals surface area contributed by atoms with Crippen LogP contribution in [-0.2, 0) is 13.0 Å². The van der Waals surface area contributed by atoms with Crippen molar-refractivity contribution in [1.29, 1.82) is 0 Å². The molecule has 0 saturated carbocycles. The Morgan fingerprint density at radius 1 is 1.02 bits per heavy atom. The highest BCUT2D eigenvalue weighted by molar-refractivity contribution is 9.10. The van der Waals surface area contributed by atoms with Crippen LogP contribution >= 0.6 is 27.5 Å². The summed E-state index contributed by atoms with van der Waals surface area (Å²) in [7, 11) is 0. The molecule has 204 valence electrons. The molecular formula is C32H30BrClN4O2. The van der Waals surface area contributed by atoms with Crippen LogP contribution < -0.4 is 10.3 Å². The number of hydrogen-bond donors (Lipinski definition) is 0. The van der Waals surface area contributed by atoms with Gasteiger partial charge in [0.05, 0.1) is 17.1 Å². The maximum atomic E-state index is 13.4. The summed E-state index contributed by atoms with van der Waals surface area (Å²) in [6.45, 7) is 6.70. The van der Waals surface area contributed by atoms with E-state index in [0.29, 0.717) is 34.8 Å². The van der Waals surface area contributed by atoms with E-state index in [1.807, 2.05) is 60.7 Å². The number of aromatic nitrogens is 3. The van der Waals surface area contributed by atoms with E-state index in [1.54, 1.807) is 12.3 Å². The Bertz CT molecular complexity index is 1740. The van der Waals surface area contributed by atoms with Crippen molar-refractivity contribution in [3.8, 4) is 11.4 Å². The topological polar surface area (TPSA) is 61.4 Å². The Kier molecular flexibility index (Phi) is 8.52. The first kappa shape index (κ1) is 27.9. The molecule has 0 radical (unpaired) electrons. The Morgan fingerprint density at radius 2 is 1.77 bits per heavy atom. The predicted octanol–water partition coefficient (Wildman–Crippen LogP) is 8.02. The Morgan fingerprint density at radius 3 is 2.50 bits per heavy atom. The smallest absolute Gasteiger partial charge is 0.282 e. The molecule has 5 aromatic rings. The third-order valence-corrected chi connectivity index (χ3v) is 7.57. The summed E-state index contributed by atoms with van der Waals surface area (Å²) in [4.78, 5) is 18.2. The molecule has 0 aliphatic rings. The number of nitrogens with zero attached hydrogens (tertiary/aromatic N) is 4. The van der Waals surface area contributed by atoms with Gasteiger partial charge >= 0.3 is 0 Å². The molecule has 0 saturated heterocycles. The number of unbranched alkanes of at least 4 members (excludes halogenated alkanes) is 1. The highest BCUT2D eigenvalue weighted by atomic mass is 79.9. The predicted molar refractivity (Wildman–Crippen MR) is 166 cm³/mol. The van der Waals surface area contributed by atoms with Gasteiger partial charge in [0.25, 0.3) is 5.56 Å². The minimum Gasteiger partial charge on any atom is -0.489 e. The number of ether oxygens (including phenoxy) is 1. The standard InChI is InChI=1S/C32H30BrClN4O2/c1-4-5-6-31-36-30-16-9-25(33)18-29(30)32(39)38(31)35-19-24-17-21(2)37(22(24)3)27-12-14-28(15-13-27)40-20-23-7-10-26(34)11-8-23/h7-19H,4-6,20H2,1-3H3. The van der Waals surface area contributed by atoms with Gasteiger partial charge in [0.15, 0.2) is 0 Å². The van der Waals surface area contributed by atoms with Gasteiger partial charge < -0.3 is 9.30 Å². The number of rotatable bonds is 9. The zero-order valence-electron chi connectivity index (χ0n) is 22.7. The summed E-state index contributed by atoms with van der Waals surface area (Å²) in [5, 5.41) is 5.90. The molecule has 6 nitrogen and oxygen atoms in total. The Balaban J connectivity index is 1.41. The van der Waals surface area contributed by atoms with Crippen molar-refractivity contribution in [1.82, 2.24) is 14.2 Å². The van der Waals surface area contributed by atoms with Gasteiger partial charge in [-0.3, -0.25) is 4.79 Å². The summed E-state index contributed by atoms with van der Waals surface area (Å²) in [6.07, 6.45) is 4.37. The van der Waals surface area contributed by atoms with E-state index < -0.39 is 0 Å². The van der Waals surface area contributed by atoms with Crippen molar-refractivity contribution in [2.24, 2.45) is 5.10 Å². The van der Waals surface area contributed by atoms with Crippen LogP contribution in [0, 0.1) is 13.8 Å². The van der Waals surface area contributed by atoms with Crippen molar-refractivity contribution in [3.05, 3.63) is 121 Å². The average Bonchev–Trinajstić information content (AvgIpc) is 3.24. The van der Waals surface area contributed by atoms with Gasteiger partial charge in [0.2, 0.25) is 0 Å². The summed E-state index contributed by atoms with van der Waals surface area (Å²) in [5.41, 5.74) is 5.61. The minimum absolute atomic E-state index is 0.170. The second-order valence-corrected chi connectivity index (χ2v) is 11.1. The quantitative estimate of drug-likeness (QED) is 0.157. The third-order valence-electron chi connectivity index (χ3n) is 6.83. The molecule has 2 heterocycles. The molecule has 5 rings (SSSR count). The van der Waals surface area contributed by atoms with Crippen LogP contribution in [-0.4, -0.2) is 20.4 Å². The molecule has 0 aliphatic heterocycles. The van der Waals surface area contributed by atoms with Crippen LogP contribution in [0.5, 0.6) is 5.75 Å². The van der Waals surface area contributed by atoms with Crippen LogP contribution in [0.1, 0.15) is 48.1 Å². The monoisotopic (exact) mass is 616 g/mol. The van der Waals surface area contributed by atoms with Gasteiger partial charge in [-0.25, -0.2) is 4.98 Å².